The van der Waals surface area contributed by atoms with Crippen LogP contribution in [-0.2, 0) is 36.0 Å². The van der Waals surface area contributed by atoms with Crippen LogP contribution < -0.4 is 22.0 Å². The Hall–Kier alpha value is -4.35. The van der Waals surface area contributed by atoms with Gasteiger partial charge in [-0.2, -0.15) is 14.4 Å². The van der Waals surface area contributed by atoms with E-state index in [9.17, 15) is 32.8 Å². The van der Waals surface area contributed by atoms with Crippen LogP contribution in [0.4, 0.5) is 17.1 Å². The number of phenols is 1. The van der Waals surface area contributed by atoms with E-state index in [-0.39, 0.29) is 50.2 Å². The van der Waals surface area contributed by atoms with Gasteiger partial charge in [-0.1, -0.05) is 6.58 Å². The van der Waals surface area contributed by atoms with E-state index in [1.807, 2.05) is 0 Å². The number of carbonyl (C=O) groups excluding carboxylic acids is 1. The summed E-state index contributed by atoms with van der Waals surface area (Å²) in [6.07, 6.45) is -0.380. The molecule has 0 spiro atoms. The number of benzene rings is 3. The minimum atomic E-state index is -2.33. The van der Waals surface area contributed by atoms with Gasteiger partial charge in [0.2, 0.25) is 11.1 Å². The number of aliphatic hydroxyl groups excluding tert-OH is 1. The lowest BCUT2D eigenvalue weighted by atomic mass is 10.1. The summed E-state index contributed by atoms with van der Waals surface area (Å²) in [7, 11) is 0. The summed E-state index contributed by atoms with van der Waals surface area (Å²) < 4.78 is 36.9. The van der Waals surface area contributed by atoms with Gasteiger partial charge >= 0.3 is 5.97 Å². The fourth-order valence-corrected chi connectivity index (χ4v) is 5.16. The van der Waals surface area contributed by atoms with Crippen LogP contribution in [0, 0.1) is 0 Å². The van der Waals surface area contributed by atoms with Gasteiger partial charge in [-0.05, 0) is 42.5 Å². The molecule has 39 heavy (non-hydrogen) atoms. The molecular weight excluding hydrogens is 554 g/mol. The number of carbonyl (C=O) groups is 2. The third kappa shape index (κ3) is 5.31. The van der Waals surface area contributed by atoms with E-state index in [4.69, 9.17) is 20.9 Å². The van der Waals surface area contributed by atoms with E-state index in [2.05, 4.69) is 17.2 Å². The van der Waals surface area contributed by atoms with Crippen molar-refractivity contribution >= 4 is 73.3 Å². The van der Waals surface area contributed by atoms with Gasteiger partial charge in [0.05, 0.1) is 33.3 Å². The van der Waals surface area contributed by atoms with Crippen LogP contribution in [0.5, 0.6) is 5.75 Å². The van der Waals surface area contributed by atoms with Crippen molar-refractivity contribution in [3.8, 4) is 5.75 Å². The molecule has 3 atom stereocenters. The Morgan fingerprint density at radius 3 is 2.46 bits per heavy atom. The van der Waals surface area contributed by atoms with Crippen LogP contribution >= 0.6 is 0 Å². The number of aromatic hydroxyl groups is 1. The lowest BCUT2D eigenvalue weighted by molar-refractivity contribution is -0.135. The smallest absolute Gasteiger partial charge is 0.309 e. The summed E-state index contributed by atoms with van der Waals surface area (Å²) >= 11 is -4.11. The van der Waals surface area contributed by atoms with Gasteiger partial charge in [0.15, 0.2) is 11.1 Å². The van der Waals surface area contributed by atoms with Crippen molar-refractivity contribution in [1.82, 2.24) is 0 Å². The fraction of sp³-hybridized carbons (Fsp3) is 0.0870. The van der Waals surface area contributed by atoms with Crippen molar-refractivity contribution in [3.63, 3.8) is 0 Å². The standard InChI is InChI=1S/C13H13N3O4.C10H8N2O5S2/c1-7(17)8-2-4-9(5-3-8)16-13(20)12(14)10(15-16)6-11(18)19;11-6-2-1-4-5(10(6)18(14)15)3-7-8(9(4)13)12-17-19(7)16/h2-5,12,17H,1,6,14H2,(H,18,19);1-3,12-13H,11H2,(H,14,15). The number of carboxylic acids is 1. The Bertz CT molecular complexity index is 1610. The molecule has 3 aromatic carbocycles. The first-order valence-corrected chi connectivity index (χ1v) is 13.0. The minimum Gasteiger partial charge on any atom is -0.508 e. The summed E-state index contributed by atoms with van der Waals surface area (Å²) in [4.78, 5) is 22.8. The Morgan fingerprint density at radius 1 is 1.21 bits per heavy atom. The van der Waals surface area contributed by atoms with Crippen molar-refractivity contribution in [1.29, 1.82) is 0 Å². The van der Waals surface area contributed by atoms with E-state index in [1.165, 1.54) is 18.2 Å². The number of anilines is 3. The molecule has 3 aromatic rings. The molecule has 3 unspecified atom stereocenters. The summed E-state index contributed by atoms with van der Waals surface area (Å²) in [6.45, 7) is 3.39. The topological polar surface area (TPSA) is 238 Å². The number of hydrazone groups is 1. The second-order valence-electron chi connectivity index (χ2n) is 8.13. The first kappa shape index (κ1) is 27.7. The summed E-state index contributed by atoms with van der Waals surface area (Å²) in [5.41, 5.74) is 15.0. The first-order valence-electron chi connectivity index (χ1n) is 10.8. The number of aliphatic carboxylic acids is 1. The number of nitrogen functional groups attached to an aromatic ring is 1. The molecule has 0 radical (unpaired) electrons. The molecule has 0 bridgehead atoms. The highest BCUT2D eigenvalue weighted by Gasteiger charge is 2.34. The monoisotopic (exact) mass is 575 g/mol. The number of nitrogens with one attached hydrogen (secondary N) is 1. The lowest BCUT2D eigenvalue weighted by Gasteiger charge is -2.12. The average molecular weight is 576 g/mol. The molecule has 0 saturated carbocycles. The summed E-state index contributed by atoms with van der Waals surface area (Å²) in [5.74, 6) is -1.88. The number of amides is 1. The maximum absolute atomic E-state index is 11.9. The van der Waals surface area contributed by atoms with E-state index in [0.717, 1.165) is 5.01 Å². The predicted octanol–water partition coefficient (Wildman–Crippen LogP) is 1.81. The third-order valence-corrected chi connectivity index (χ3v) is 7.37. The summed E-state index contributed by atoms with van der Waals surface area (Å²) in [5, 5.41) is 33.6. The second-order valence-corrected chi connectivity index (χ2v) is 10.1. The Labute approximate surface area is 225 Å². The molecule has 2 heterocycles. The Morgan fingerprint density at radius 2 is 1.87 bits per heavy atom. The van der Waals surface area contributed by atoms with Gasteiger partial charge in [-0.15, -0.1) is 0 Å². The maximum Gasteiger partial charge on any atom is 0.309 e. The van der Waals surface area contributed by atoms with Gasteiger partial charge in [-0.3, -0.25) is 9.59 Å². The molecule has 0 saturated heterocycles. The molecule has 14 nitrogen and oxygen atoms in total. The Balaban J connectivity index is 0.000000181. The number of nitrogens with two attached hydrogens (primary N) is 2. The number of fused-ring (bicyclic) bond motifs is 2. The van der Waals surface area contributed by atoms with Crippen molar-refractivity contribution in [2.45, 2.75) is 22.3 Å². The quantitative estimate of drug-likeness (QED) is 0.0997. The van der Waals surface area contributed by atoms with E-state index < -0.39 is 40.1 Å². The van der Waals surface area contributed by atoms with Gasteiger partial charge in [0.1, 0.15) is 23.2 Å². The highest BCUT2D eigenvalue weighted by atomic mass is 32.2. The number of rotatable bonds is 5. The number of aliphatic hydroxyl groups is 1. The molecular formula is C23H21N5O9S2. The molecule has 0 aliphatic carbocycles. The van der Waals surface area contributed by atoms with Crippen LogP contribution in [0.15, 0.2) is 63.9 Å². The van der Waals surface area contributed by atoms with Gasteiger partial charge in [0, 0.05) is 16.3 Å². The third-order valence-electron chi connectivity index (χ3n) is 5.65. The normalized spacial score (nSPS) is 18.6. The van der Waals surface area contributed by atoms with E-state index >= 15 is 0 Å². The molecule has 0 fully saturated rings. The lowest BCUT2D eigenvalue weighted by Crippen LogP contribution is -2.39. The zero-order valence-corrected chi connectivity index (χ0v) is 21.4. The summed E-state index contributed by atoms with van der Waals surface area (Å²) in [6, 6.07) is 9.58. The number of nitrogens with zero attached hydrogens (tertiary/aromatic N) is 2. The van der Waals surface area contributed by atoms with Crippen molar-refractivity contribution in [3.05, 3.63) is 54.6 Å². The largest absolute Gasteiger partial charge is 0.508 e. The molecule has 5 rings (SSSR count). The van der Waals surface area contributed by atoms with Gasteiger partial charge in [-0.25, -0.2) is 13.9 Å². The van der Waals surface area contributed by atoms with Crippen molar-refractivity contribution in [2.24, 2.45) is 10.8 Å². The Kier molecular flexibility index (Phi) is 7.66. The van der Waals surface area contributed by atoms with Gasteiger partial charge in [0.25, 0.3) is 5.91 Å². The number of phenolic OH excluding ortho intramolecular Hbond substituents is 1. The van der Waals surface area contributed by atoms with E-state index in [1.54, 1.807) is 24.3 Å². The van der Waals surface area contributed by atoms with Crippen LogP contribution in [0.1, 0.15) is 12.0 Å². The van der Waals surface area contributed by atoms with E-state index in [0.29, 0.717) is 16.6 Å². The molecule has 2 aliphatic rings. The molecule has 0 aromatic heterocycles. The molecule has 16 heteroatoms. The first-order chi connectivity index (χ1) is 18.4. The number of hydrogen-bond acceptors (Lipinski definition) is 11. The highest BCUT2D eigenvalue weighted by molar-refractivity contribution is 7.81. The fourth-order valence-electron chi connectivity index (χ4n) is 3.76. The van der Waals surface area contributed by atoms with Crippen molar-refractivity contribution in [2.75, 3.05) is 16.2 Å². The average Bonchev–Trinajstić information content (AvgIpc) is 3.38. The number of hydrogen-bond donors (Lipinski definition) is 7. The minimum absolute atomic E-state index is 0.0282. The highest BCUT2D eigenvalue weighted by Crippen LogP contribution is 2.43. The van der Waals surface area contributed by atoms with Crippen molar-refractivity contribution < 1.29 is 42.2 Å². The molecule has 1 amide bonds. The van der Waals surface area contributed by atoms with Crippen LogP contribution in [-0.4, -0.2) is 51.9 Å². The van der Waals surface area contributed by atoms with Crippen LogP contribution in [0.25, 0.3) is 16.5 Å². The zero-order valence-electron chi connectivity index (χ0n) is 19.7. The molecule has 9 N–H and O–H groups in total. The second kappa shape index (κ2) is 10.8. The van der Waals surface area contributed by atoms with Crippen LogP contribution in [0.2, 0.25) is 0 Å². The molecule has 204 valence electrons. The molecule has 2 aliphatic heterocycles. The van der Waals surface area contributed by atoms with Gasteiger partial charge < -0.3 is 31.3 Å². The maximum atomic E-state index is 11.9. The number of carboxylic acid groups (broad SMARTS) is 1. The zero-order chi connectivity index (χ0) is 28.6. The SMILES string of the molecule is C=C(O)c1ccc(N2N=C(CC(=O)O)C(N)C2=O)cc1.Nc1ccc2c(O)c3c(cc2c1S(=O)O)S(=O)ON3. The predicted molar refractivity (Wildman–Crippen MR) is 143 cm³/mol. The van der Waals surface area contributed by atoms with Crippen LogP contribution in [0.3, 0.4) is 0 Å².